The fraction of sp³-hybridized carbons (Fsp3) is 0.200. The standard InChI is InChI=1S/C10H9ClN2O/c1-6(12-2)8-3-7(11)4-10-9(8)5-13-14-10/h3-5H,1-2H3. The molecule has 0 saturated heterocycles. The zero-order valence-electron chi connectivity index (χ0n) is 7.91. The van der Waals surface area contributed by atoms with Crippen molar-refractivity contribution >= 4 is 28.3 Å². The summed E-state index contributed by atoms with van der Waals surface area (Å²) in [4.78, 5) is 4.12. The molecule has 0 amide bonds. The van der Waals surface area contributed by atoms with Crippen LogP contribution < -0.4 is 0 Å². The smallest absolute Gasteiger partial charge is 0.168 e. The summed E-state index contributed by atoms with van der Waals surface area (Å²) in [6, 6.07) is 3.61. The Labute approximate surface area is 86.4 Å². The minimum absolute atomic E-state index is 0.632. The number of hydrogen-bond acceptors (Lipinski definition) is 3. The molecule has 0 aliphatic carbocycles. The van der Waals surface area contributed by atoms with E-state index in [-0.39, 0.29) is 0 Å². The highest BCUT2D eigenvalue weighted by atomic mass is 35.5. The number of benzene rings is 1. The maximum atomic E-state index is 5.94. The Morgan fingerprint density at radius 1 is 1.50 bits per heavy atom. The average molecular weight is 209 g/mol. The second-order valence-electron chi connectivity index (χ2n) is 3.00. The van der Waals surface area contributed by atoms with Gasteiger partial charge < -0.3 is 4.52 Å². The molecule has 0 bridgehead atoms. The Morgan fingerprint density at radius 3 is 3.00 bits per heavy atom. The van der Waals surface area contributed by atoms with Gasteiger partial charge in [-0.15, -0.1) is 0 Å². The predicted octanol–water partition coefficient (Wildman–Crippen LogP) is 2.92. The van der Waals surface area contributed by atoms with E-state index in [2.05, 4.69) is 10.1 Å². The molecule has 1 aromatic carbocycles. The quantitative estimate of drug-likeness (QED) is 0.676. The van der Waals surface area contributed by atoms with Crippen LogP contribution in [0.1, 0.15) is 12.5 Å². The van der Waals surface area contributed by atoms with E-state index in [0.717, 1.165) is 16.7 Å². The van der Waals surface area contributed by atoms with E-state index in [4.69, 9.17) is 16.1 Å². The molecule has 0 atom stereocenters. The van der Waals surface area contributed by atoms with E-state index in [1.807, 2.05) is 13.0 Å². The number of aliphatic imine (C=N–C) groups is 1. The summed E-state index contributed by atoms with van der Waals surface area (Å²) >= 11 is 5.94. The maximum Gasteiger partial charge on any atom is 0.168 e. The van der Waals surface area contributed by atoms with Gasteiger partial charge in [0.15, 0.2) is 5.58 Å². The summed E-state index contributed by atoms with van der Waals surface area (Å²) in [7, 11) is 1.75. The highest BCUT2D eigenvalue weighted by molar-refractivity contribution is 6.32. The van der Waals surface area contributed by atoms with Crippen LogP contribution in [0, 0.1) is 0 Å². The molecule has 0 aliphatic heterocycles. The monoisotopic (exact) mass is 208 g/mol. The molecule has 2 rings (SSSR count). The zero-order valence-corrected chi connectivity index (χ0v) is 8.67. The van der Waals surface area contributed by atoms with Gasteiger partial charge in [-0.2, -0.15) is 0 Å². The molecule has 0 fully saturated rings. The molecule has 72 valence electrons. The Morgan fingerprint density at radius 2 is 2.29 bits per heavy atom. The lowest BCUT2D eigenvalue weighted by atomic mass is 10.1. The Bertz CT molecular complexity index is 502. The maximum absolute atomic E-state index is 5.94. The summed E-state index contributed by atoms with van der Waals surface area (Å²) in [5, 5.41) is 5.30. The van der Waals surface area contributed by atoms with E-state index >= 15 is 0 Å². The molecule has 0 N–H and O–H groups in total. The van der Waals surface area contributed by atoms with Crippen molar-refractivity contribution in [3.8, 4) is 0 Å². The summed E-state index contributed by atoms with van der Waals surface area (Å²) in [5.41, 5.74) is 2.58. The van der Waals surface area contributed by atoms with E-state index in [0.29, 0.717) is 10.6 Å². The van der Waals surface area contributed by atoms with Crippen LogP contribution in [0.5, 0.6) is 0 Å². The first-order valence-corrected chi connectivity index (χ1v) is 4.58. The fourth-order valence-corrected chi connectivity index (χ4v) is 1.57. The number of rotatable bonds is 1. The second kappa shape index (κ2) is 3.42. The Kier molecular flexibility index (Phi) is 2.25. The third kappa shape index (κ3) is 1.40. The van der Waals surface area contributed by atoms with Crippen molar-refractivity contribution in [3.63, 3.8) is 0 Å². The van der Waals surface area contributed by atoms with Gasteiger partial charge in [-0.05, 0) is 13.0 Å². The van der Waals surface area contributed by atoms with Crippen LogP contribution in [-0.2, 0) is 0 Å². The Hall–Kier alpha value is -1.35. The topological polar surface area (TPSA) is 38.4 Å². The van der Waals surface area contributed by atoms with Crippen LogP contribution >= 0.6 is 11.6 Å². The van der Waals surface area contributed by atoms with Gasteiger partial charge in [-0.25, -0.2) is 0 Å². The molecule has 0 aliphatic rings. The minimum Gasteiger partial charge on any atom is -0.356 e. The molecule has 1 heterocycles. The molecule has 14 heavy (non-hydrogen) atoms. The van der Waals surface area contributed by atoms with Crippen LogP contribution in [0.25, 0.3) is 11.0 Å². The van der Waals surface area contributed by atoms with Crippen molar-refractivity contribution in [2.24, 2.45) is 4.99 Å². The lowest BCUT2D eigenvalue weighted by Gasteiger charge is -2.01. The highest BCUT2D eigenvalue weighted by Crippen LogP contribution is 2.24. The van der Waals surface area contributed by atoms with Crippen LogP contribution in [0.2, 0.25) is 5.02 Å². The predicted molar refractivity (Wildman–Crippen MR) is 57.2 cm³/mol. The van der Waals surface area contributed by atoms with Crippen LogP contribution in [0.4, 0.5) is 0 Å². The van der Waals surface area contributed by atoms with Crippen molar-refractivity contribution < 1.29 is 4.52 Å². The van der Waals surface area contributed by atoms with Crippen LogP contribution in [-0.4, -0.2) is 17.9 Å². The van der Waals surface area contributed by atoms with Crippen molar-refractivity contribution in [1.82, 2.24) is 5.16 Å². The molecule has 4 heteroatoms. The number of hydrogen-bond donors (Lipinski definition) is 0. The summed E-state index contributed by atoms with van der Waals surface area (Å²) in [6.07, 6.45) is 1.68. The van der Waals surface area contributed by atoms with Gasteiger partial charge in [0.2, 0.25) is 0 Å². The second-order valence-corrected chi connectivity index (χ2v) is 3.44. The molecular formula is C10H9ClN2O. The van der Waals surface area contributed by atoms with Gasteiger partial charge in [-0.1, -0.05) is 16.8 Å². The molecular weight excluding hydrogens is 200 g/mol. The first-order chi connectivity index (χ1) is 6.72. The largest absolute Gasteiger partial charge is 0.356 e. The van der Waals surface area contributed by atoms with E-state index < -0.39 is 0 Å². The average Bonchev–Trinajstić information content (AvgIpc) is 2.62. The summed E-state index contributed by atoms with van der Waals surface area (Å²) < 4.78 is 5.04. The number of aromatic nitrogens is 1. The minimum atomic E-state index is 0.632. The molecule has 3 nitrogen and oxygen atoms in total. The van der Waals surface area contributed by atoms with Gasteiger partial charge in [0.05, 0.1) is 11.6 Å². The number of halogens is 1. The molecule has 0 spiro atoms. The number of nitrogens with zero attached hydrogens (tertiary/aromatic N) is 2. The van der Waals surface area contributed by atoms with Crippen LogP contribution in [0.3, 0.4) is 0 Å². The Balaban J connectivity index is 2.79. The molecule has 0 saturated carbocycles. The molecule has 2 aromatic rings. The van der Waals surface area contributed by atoms with Crippen molar-refractivity contribution in [1.29, 1.82) is 0 Å². The van der Waals surface area contributed by atoms with Gasteiger partial charge >= 0.3 is 0 Å². The van der Waals surface area contributed by atoms with Gasteiger partial charge in [-0.3, -0.25) is 4.99 Å². The fourth-order valence-electron chi connectivity index (χ4n) is 1.36. The molecule has 0 radical (unpaired) electrons. The normalized spacial score (nSPS) is 12.4. The van der Waals surface area contributed by atoms with Gasteiger partial charge in [0.1, 0.15) is 0 Å². The third-order valence-electron chi connectivity index (χ3n) is 2.16. The lowest BCUT2D eigenvalue weighted by Crippen LogP contribution is -1.94. The summed E-state index contributed by atoms with van der Waals surface area (Å²) in [6.45, 7) is 1.93. The van der Waals surface area contributed by atoms with Gasteiger partial charge in [0.25, 0.3) is 0 Å². The van der Waals surface area contributed by atoms with Crippen LogP contribution in [0.15, 0.2) is 27.8 Å². The van der Waals surface area contributed by atoms with E-state index in [1.54, 1.807) is 19.3 Å². The summed E-state index contributed by atoms with van der Waals surface area (Å²) in [5.74, 6) is 0. The first-order valence-electron chi connectivity index (χ1n) is 4.20. The van der Waals surface area contributed by atoms with Crippen molar-refractivity contribution in [2.75, 3.05) is 7.05 Å². The van der Waals surface area contributed by atoms with Crippen molar-refractivity contribution in [3.05, 3.63) is 28.9 Å². The first kappa shape index (κ1) is 9.21. The van der Waals surface area contributed by atoms with Gasteiger partial charge in [0, 0.05) is 29.4 Å². The van der Waals surface area contributed by atoms with Crippen molar-refractivity contribution in [2.45, 2.75) is 6.92 Å². The molecule has 0 unspecified atom stereocenters. The SMILES string of the molecule is CN=C(C)c1cc(Cl)cc2oncc12. The molecule has 1 aromatic heterocycles. The number of fused-ring (bicyclic) bond motifs is 1. The zero-order chi connectivity index (χ0) is 10.1. The third-order valence-corrected chi connectivity index (χ3v) is 2.38. The van der Waals surface area contributed by atoms with E-state index in [9.17, 15) is 0 Å². The lowest BCUT2D eigenvalue weighted by molar-refractivity contribution is 0.456. The highest BCUT2D eigenvalue weighted by Gasteiger charge is 2.08. The van der Waals surface area contributed by atoms with E-state index in [1.165, 1.54) is 0 Å².